The van der Waals surface area contributed by atoms with Crippen molar-refractivity contribution < 1.29 is 58.2 Å². The minimum absolute atomic E-state index is 0.0131. The van der Waals surface area contributed by atoms with Gasteiger partial charge in [0.2, 0.25) is 12.1 Å². The molecule has 5 rings (SSSR count). The highest BCUT2D eigenvalue weighted by Crippen LogP contribution is 2.62. The van der Waals surface area contributed by atoms with Crippen LogP contribution in [0.5, 0.6) is 11.5 Å². The van der Waals surface area contributed by atoms with Crippen LogP contribution in [0.25, 0.3) is 0 Å². The van der Waals surface area contributed by atoms with Crippen molar-refractivity contribution in [3.05, 3.63) is 48.1 Å². The molecule has 2 aliphatic heterocycles. The van der Waals surface area contributed by atoms with E-state index in [4.69, 9.17) is 38.4 Å². The second kappa shape index (κ2) is 30.0. The van der Waals surface area contributed by atoms with E-state index in [1.807, 2.05) is 12.1 Å². The van der Waals surface area contributed by atoms with E-state index < -0.39 is 36.2 Å². The average molecular weight is 942 g/mol. The van der Waals surface area contributed by atoms with Crippen LogP contribution in [0.4, 0.5) is 9.59 Å². The first-order valence-electron chi connectivity index (χ1n) is 25.8. The van der Waals surface area contributed by atoms with Crippen molar-refractivity contribution in [1.29, 1.82) is 0 Å². The van der Waals surface area contributed by atoms with Crippen LogP contribution >= 0.6 is 0 Å². The summed E-state index contributed by atoms with van der Waals surface area (Å²) < 4.78 is 37.7. The number of unbranched alkanes of at least 4 members (excludes halogenated alkanes) is 11. The lowest BCUT2D eigenvalue weighted by Gasteiger charge is -2.59. The number of oxime groups is 1. The fraction of sp³-hybridized carbons (Fsp3) is 0.750. The van der Waals surface area contributed by atoms with Crippen molar-refractivity contribution >= 4 is 17.9 Å². The first-order valence-corrected chi connectivity index (χ1v) is 25.8. The van der Waals surface area contributed by atoms with Crippen molar-refractivity contribution in [2.24, 2.45) is 22.9 Å². The molecule has 0 radical (unpaired) electrons. The Hall–Kier alpha value is -3.73. The third-order valence-corrected chi connectivity index (χ3v) is 13.7. The summed E-state index contributed by atoms with van der Waals surface area (Å²) in [7, 11) is 0. The Kier molecular flexibility index (Phi) is 24.3. The Morgan fingerprint density at radius 1 is 0.925 bits per heavy atom. The summed E-state index contributed by atoms with van der Waals surface area (Å²) in [6.07, 6.45) is 21.4. The number of carbonyl (C=O) groups excluding carboxylic acids is 2. The van der Waals surface area contributed by atoms with Gasteiger partial charge in [-0.05, 0) is 87.5 Å². The van der Waals surface area contributed by atoms with E-state index in [2.05, 4.69) is 24.9 Å². The molecule has 7 unspecified atom stereocenters. The molecule has 1 saturated heterocycles. The van der Waals surface area contributed by atoms with Gasteiger partial charge < -0.3 is 53.9 Å². The quantitative estimate of drug-likeness (QED) is 0.0305. The highest BCUT2D eigenvalue weighted by molar-refractivity contribution is 6.03. The molecule has 2 amide bonds. The molecule has 2 fully saturated rings. The Balaban J connectivity index is 1.56. The van der Waals surface area contributed by atoms with Gasteiger partial charge in [-0.2, -0.15) is 0 Å². The van der Waals surface area contributed by atoms with Gasteiger partial charge in [-0.1, -0.05) is 94.9 Å². The standard InChI is InChI=1S/C52H83N3O12/c1-4-7-8-9-10-11-12-13-14-18-27-53-50(59)65-40-25-26-45-43(37-40)48-41(23-16-20-30-57)39(22-15-19-29-56)36-42-44(54-67-47-24-17-21-33-63-47)38-46(52(66-45,49(42)48)64-32-5-2)55(51(60)62-6-3)28-34-61-35-31-58/h5,25-26,36-37,39,41,46-49,56-58H,2,4,6-24,27-35,38H2,1,3H3,(H,53,59). The number of carbonyl (C=O) groups is 2. The van der Waals surface area contributed by atoms with Crippen LogP contribution in [-0.4, -0.2) is 122 Å². The lowest BCUT2D eigenvalue weighted by molar-refractivity contribution is -0.256. The minimum atomic E-state index is -1.51. The number of hydrogen-bond donors (Lipinski definition) is 4. The SMILES string of the molecule is C=CCOC12Oc3ccc(OC(=O)NCCCCCCCCCCCC)cc3C3C(CCCCO)C(CCCCO)C=C(C(=NOC4CCCCO4)CC1N(CCOCCO)C(=O)OCC)C32. The summed E-state index contributed by atoms with van der Waals surface area (Å²) in [5.41, 5.74) is 2.34. The fourth-order valence-electron chi connectivity index (χ4n) is 10.5. The molecule has 2 aliphatic carbocycles. The summed E-state index contributed by atoms with van der Waals surface area (Å²) in [6.45, 7) is 9.58. The van der Waals surface area contributed by atoms with Crippen molar-refractivity contribution in [2.75, 3.05) is 65.9 Å². The zero-order valence-corrected chi connectivity index (χ0v) is 40.7. The zero-order valence-electron chi connectivity index (χ0n) is 40.7. The number of amides is 2. The summed E-state index contributed by atoms with van der Waals surface area (Å²) >= 11 is 0. The van der Waals surface area contributed by atoms with Crippen LogP contribution in [-0.2, 0) is 23.8 Å². The van der Waals surface area contributed by atoms with Gasteiger partial charge in [0.15, 0.2) is 0 Å². The van der Waals surface area contributed by atoms with Crippen molar-refractivity contribution in [1.82, 2.24) is 10.2 Å². The molecule has 15 heteroatoms. The second-order valence-electron chi connectivity index (χ2n) is 18.4. The summed E-state index contributed by atoms with van der Waals surface area (Å²) in [6, 6.07) is 4.63. The number of fused-ring (bicyclic) bond motifs is 2. The summed E-state index contributed by atoms with van der Waals surface area (Å²) in [5.74, 6) is -1.52. The van der Waals surface area contributed by atoms with Gasteiger partial charge in [0.25, 0.3) is 0 Å². The molecule has 67 heavy (non-hydrogen) atoms. The minimum Gasteiger partial charge on any atom is -0.459 e. The van der Waals surface area contributed by atoms with E-state index in [1.165, 1.54) is 44.9 Å². The maximum absolute atomic E-state index is 14.2. The maximum atomic E-state index is 14.2. The molecule has 1 aromatic carbocycles. The van der Waals surface area contributed by atoms with Crippen LogP contribution in [0.15, 0.2) is 47.7 Å². The maximum Gasteiger partial charge on any atom is 0.412 e. The number of hydrogen-bond acceptors (Lipinski definition) is 13. The van der Waals surface area contributed by atoms with Gasteiger partial charge >= 0.3 is 12.2 Å². The van der Waals surface area contributed by atoms with Crippen molar-refractivity contribution in [3.8, 4) is 11.5 Å². The lowest BCUT2D eigenvalue weighted by atomic mass is 9.55. The number of aliphatic hydroxyl groups is 3. The number of aliphatic hydroxyl groups excluding tert-OH is 3. The molecule has 1 saturated carbocycles. The number of ether oxygens (including phenoxy) is 6. The van der Waals surface area contributed by atoms with Crippen molar-refractivity contribution in [2.45, 2.75) is 166 Å². The normalized spacial score (nSPS) is 24.7. The Labute approximate surface area is 399 Å². The van der Waals surface area contributed by atoms with Crippen LogP contribution in [0.1, 0.15) is 154 Å². The van der Waals surface area contributed by atoms with E-state index in [-0.39, 0.29) is 77.0 Å². The van der Waals surface area contributed by atoms with E-state index >= 15 is 0 Å². The third kappa shape index (κ3) is 15.6. The smallest absolute Gasteiger partial charge is 0.412 e. The van der Waals surface area contributed by atoms with Gasteiger partial charge in [0, 0.05) is 50.6 Å². The molecule has 0 spiro atoms. The number of nitrogens with zero attached hydrogens (tertiary/aromatic N) is 2. The first-order chi connectivity index (χ1) is 32.8. The molecule has 7 atom stereocenters. The molecule has 0 aromatic heterocycles. The predicted molar refractivity (Wildman–Crippen MR) is 257 cm³/mol. The number of rotatable bonds is 32. The van der Waals surface area contributed by atoms with Crippen LogP contribution < -0.4 is 14.8 Å². The van der Waals surface area contributed by atoms with Crippen LogP contribution in [0, 0.1) is 17.8 Å². The summed E-state index contributed by atoms with van der Waals surface area (Å²) in [4.78, 5) is 35.4. The molecule has 4 N–H and O–H groups in total. The molecular formula is C52H83N3O12. The topological polar surface area (TPSA) is 187 Å². The molecule has 378 valence electrons. The highest BCUT2D eigenvalue weighted by atomic mass is 16.8. The third-order valence-electron chi connectivity index (χ3n) is 13.7. The Bertz CT molecular complexity index is 1690. The molecule has 1 aromatic rings. The van der Waals surface area contributed by atoms with Gasteiger partial charge in [0.05, 0.1) is 51.3 Å². The zero-order chi connectivity index (χ0) is 47.7. The Morgan fingerprint density at radius 2 is 1.67 bits per heavy atom. The predicted octanol–water partition coefficient (Wildman–Crippen LogP) is 9.32. The second-order valence-corrected chi connectivity index (χ2v) is 18.4. The van der Waals surface area contributed by atoms with E-state index in [9.17, 15) is 24.9 Å². The average Bonchev–Trinajstić information content (AvgIpc) is 3.33. The Morgan fingerprint density at radius 3 is 2.36 bits per heavy atom. The lowest BCUT2D eigenvalue weighted by Crippen LogP contribution is -2.70. The highest BCUT2D eigenvalue weighted by Gasteiger charge is 2.65. The van der Waals surface area contributed by atoms with E-state index in [0.717, 1.165) is 68.9 Å². The first kappa shape index (κ1) is 54.2. The molecular weight excluding hydrogens is 859 g/mol. The molecule has 2 heterocycles. The van der Waals surface area contributed by atoms with Crippen molar-refractivity contribution in [3.63, 3.8) is 0 Å². The van der Waals surface area contributed by atoms with E-state index in [0.29, 0.717) is 49.6 Å². The largest absolute Gasteiger partial charge is 0.459 e. The number of allylic oxidation sites excluding steroid dienone is 1. The molecule has 0 bridgehead atoms. The number of benzene rings is 1. The molecule has 15 nitrogen and oxygen atoms in total. The fourth-order valence-corrected chi connectivity index (χ4v) is 10.5. The van der Waals surface area contributed by atoms with Gasteiger partial charge in [-0.3, -0.25) is 4.90 Å². The van der Waals surface area contributed by atoms with Gasteiger partial charge in [-0.25, -0.2) is 9.59 Å². The molecule has 4 aliphatic rings. The summed E-state index contributed by atoms with van der Waals surface area (Å²) in [5, 5.41) is 37.3. The van der Waals surface area contributed by atoms with Gasteiger partial charge in [-0.15, -0.1) is 6.58 Å². The monoisotopic (exact) mass is 942 g/mol. The number of nitrogens with one attached hydrogen (secondary N) is 1. The van der Waals surface area contributed by atoms with E-state index in [1.54, 1.807) is 24.0 Å². The van der Waals surface area contributed by atoms with Crippen LogP contribution in [0.3, 0.4) is 0 Å². The van der Waals surface area contributed by atoms with Crippen LogP contribution in [0.2, 0.25) is 0 Å². The van der Waals surface area contributed by atoms with Gasteiger partial charge in [0.1, 0.15) is 17.5 Å².